The summed E-state index contributed by atoms with van der Waals surface area (Å²) in [5.74, 6) is 1.31. The van der Waals surface area contributed by atoms with Gasteiger partial charge in [-0.25, -0.2) is 4.98 Å². The van der Waals surface area contributed by atoms with Gasteiger partial charge in [-0.2, -0.15) is 0 Å². The third-order valence-electron chi connectivity index (χ3n) is 5.11. The molecule has 0 unspecified atom stereocenters. The number of hydrogen-bond donors (Lipinski definition) is 2. The first-order valence-electron chi connectivity index (χ1n) is 10.4. The van der Waals surface area contributed by atoms with Gasteiger partial charge in [-0.05, 0) is 36.5 Å². The number of amides is 2. The SMILES string of the molecule is O=C(Cc1ccccc1)NCCC(=O)Nc1ncccc1OCC1CCCCC1. The molecule has 1 aromatic heterocycles. The van der Waals surface area contributed by atoms with Crippen LogP contribution in [0, 0.1) is 5.92 Å². The van der Waals surface area contributed by atoms with E-state index in [0.29, 0.717) is 30.5 Å². The third kappa shape index (κ3) is 7.22. The number of rotatable bonds is 9. The van der Waals surface area contributed by atoms with Gasteiger partial charge in [0.2, 0.25) is 11.8 Å². The number of nitrogens with zero attached hydrogens (tertiary/aromatic N) is 1. The highest BCUT2D eigenvalue weighted by molar-refractivity contribution is 5.91. The number of pyridine rings is 1. The molecule has 0 radical (unpaired) electrons. The van der Waals surface area contributed by atoms with Gasteiger partial charge in [-0.15, -0.1) is 0 Å². The van der Waals surface area contributed by atoms with Crippen LogP contribution in [-0.4, -0.2) is 29.9 Å². The van der Waals surface area contributed by atoms with E-state index in [1.165, 1.54) is 32.1 Å². The minimum atomic E-state index is -0.203. The zero-order chi connectivity index (χ0) is 20.3. The maximum absolute atomic E-state index is 12.3. The number of aromatic nitrogens is 1. The molecular formula is C23H29N3O3. The van der Waals surface area contributed by atoms with E-state index < -0.39 is 0 Å². The molecule has 0 atom stereocenters. The number of anilines is 1. The molecule has 154 valence electrons. The average molecular weight is 396 g/mol. The van der Waals surface area contributed by atoms with Crippen LogP contribution in [0.1, 0.15) is 44.1 Å². The summed E-state index contributed by atoms with van der Waals surface area (Å²) in [5.41, 5.74) is 0.947. The van der Waals surface area contributed by atoms with E-state index in [1.54, 1.807) is 12.3 Å². The highest BCUT2D eigenvalue weighted by atomic mass is 16.5. The van der Waals surface area contributed by atoms with Crippen molar-refractivity contribution in [2.45, 2.75) is 44.9 Å². The number of ether oxygens (including phenoxy) is 1. The quantitative estimate of drug-likeness (QED) is 0.678. The van der Waals surface area contributed by atoms with Crippen molar-refractivity contribution in [1.82, 2.24) is 10.3 Å². The highest BCUT2D eigenvalue weighted by Gasteiger charge is 2.16. The van der Waals surface area contributed by atoms with Crippen molar-refractivity contribution in [3.05, 3.63) is 54.2 Å². The van der Waals surface area contributed by atoms with Gasteiger partial charge in [0, 0.05) is 19.2 Å². The molecule has 1 fully saturated rings. The molecule has 1 saturated carbocycles. The third-order valence-corrected chi connectivity index (χ3v) is 5.11. The monoisotopic (exact) mass is 395 g/mol. The Morgan fingerprint density at radius 2 is 1.79 bits per heavy atom. The first-order chi connectivity index (χ1) is 14.2. The minimum Gasteiger partial charge on any atom is -0.489 e. The molecule has 6 heteroatoms. The van der Waals surface area contributed by atoms with Gasteiger partial charge < -0.3 is 15.4 Å². The summed E-state index contributed by atoms with van der Waals surface area (Å²) >= 11 is 0. The Balaban J connectivity index is 1.41. The molecule has 29 heavy (non-hydrogen) atoms. The van der Waals surface area contributed by atoms with E-state index in [4.69, 9.17) is 4.74 Å². The standard InChI is InChI=1S/C23H29N3O3/c27-21(13-15-24-22(28)16-18-8-3-1-4-9-18)26-23-20(12-7-14-25-23)29-17-19-10-5-2-6-11-19/h1,3-4,7-9,12,14,19H,2,5-6,10-11,13,15-17H2,(H,24,28)(H,25,26,27). The second kappa shape index (κ2) is 11.2. The fourth-order valence-corrected chi connectivity index (χ4v) is 3.52. The fourth-order valence-electron chi connectivity index (χ4n) is 3.52. The Bertz CT molecular complexity index is 789. The normalized spacial score (nSPS) is 14.2. The van der Waals surface area contributed by atoms with Crippen LogP contribution in [0.5, 0.6) is 5.75 Å². The topological polar surface area (TPSA) is 80.3 Å². The molecule has 2 aromatic rings. The van der Waals surface area contributed by atoms with Crippen molar-refractivity contribution in [1.29, 1.82) is 0 Å². The van der Waals surface area contributed by atoms with Crippen molar-refractivity contribution in [2.24, 2.45) is 5.92 Å². The van der Waals surface area contributed by atoms with Gasteiger partial charge >= 0.3 is 0 Å². The van der Waals surface area contributed by atoms with Crippen molar-refractivity contribution in [3.8, 4) is 5.75 Å². The van der Waals surface area contributed by atoms with Crippen molar-refractivity contribution in [3.63, 3.8) is 0 Å². The summed E-state index contributed by atoms with van der Waals surface area (Å²) in [4.78, 5) is 28.5. The molecule has 3 rings (SSSR count). The molecule has 1 aliphatic rings. The summed E-state index contributed by atoms with van der Waals surface area (Å²) in [6, 6.07) is 13.2. The van der Waals surface area contributed by atoms with Crippen molar-refractivity contribution >= 4 is 17.6 Å². The summed E-state index contributed by atoms with van der Waals surface area (Å²) < 4.78 is 5.94. The van der Waals surface area contributed by atoms with Gasteiger partial charge in [0.25, 0.3) is 0 Å². The van der Waals surface area contributed by atoms with Crippen LogP contribution in [0.2, 0.25) is 0 Å². The number of benzene rings is 1. The number of carbonyl (C=O) groups excluding carboxylic acids is 2. The lowest BCUT2D eigenvalue weighted by Gasteiger charge is -2.22. The Morgan fingerprint density at radius 3 is 2.59 bits per heavy atom. The summed E-state index contributed by atoms with van der Waals surface area (Å²) in [6.07, 6.45) is 8.36. The van der Waals surface area contributed by atoms with Crippen LogP contribution >= 0.6 is 0 Å². The number of nitrogens with one attached hydrogen (secondary N) is 2. The lowest BCUT2D eigenvalue weighted by atomic mass is 9.90. The molecule has 2 amide bonds. The predicted octanol–water partition coefficient (Wildman–Crippen LogP) is 3.73. The zero-order valence-electron chi connectivity index (χ0n) is 16.7. The molecule has 1 heterocycles. The molecular weight excluding hydrogens is 366 g/mol. The maximum Gasteiger partial charge on any atom is 0.227 e. The molecule has 0 aliphatic heterocycles. The van der Waals surface area contributed by atoms with Crippen molar-refractivity contribution in [2.75, 3.05) is 18.5 Å². The van der Waals surface area contributed by atoms with Gasteiger partial charge in [0.15, 0.2) is 11.6 Å². The Labute approximate surface area is 172 Å². The van der Waals surface area contributed by atoms with E-state index in [-0.39, 0.29) is 24.8 Å². The van der Waals surface area contributed by atoms with Gasteiger partial charge in [0.1, 0.15) is 0 Å². The summed E-state index contributed by atoms with van der Waals surface area (Å²) in [5, 5.41) is 5.57. The first kappa shape index (κ1) is 20.8. The Hall–Kier alpha value is -2.89. The van der Waals surface area contributed by atoms with Crippen molar-refractivity contribution < 1.29 is 14.3 Å². The second-order valence-corrected chi connectivity index (χ2v) is 7.48. The smallest absolute Gasteiger partial charge is 0.227 e. The van der Waals surface area contributed by atoms with Gasteiger partial charge in [-0.3, -0.25) is 9.59 Å². The molecule has 0 saturated heterocycles. The summed E-state index contributed by atoms with van der Waals surface area (Å²) in [7, 11) is 0. The van der Waals surface area contributed by atoms with Crippen LogP contribution in [-0.2, 0) is 16.0 Å². The van der Waals surface area contributed by atoms with Crippen LogP contribution in [0.15, 0.2) is 48.7 Å². The molecule has 1 aromatic carbocycles. The van der Waals surface area contributed by atoms with Crippen LogP contribution < -0.4 is 15.4 Å². The van der Waals surface area contributed by atoms with Gasteiger partial charge in [0.05, 0.1) is 13.0 Å². The second-order valence-electron chi connectivity index (χ2n) is 7.48. The highest BCUT2D eigenvalue weighted by Crippen LogP contribution is 2.27. The largest absolute Gasteiger partial charge is 0.489 e. The lowest BCUT2D eigenvalue weighted by Crippen LogP contribution is -2.29. The molecule has 0 spiro atoms. The van der Waals surface area contributed by atoms with E-state index in [2.05, 4.69) is 15.6 Å². The lowest BCUT2D eigenvalue weighted by molar-refractivity contribution is -0.120. The van der Waals surface area contributed by atoms with E-state index in [9.17, 15) is 9.59 Å². The number of carbonyl (C=O) groups is 2. The average Bonchev–Trinajstić information content (AvgIpc) is 2.74. The molecule has 1 aliphatic carbocycles. The van der Waals surface area contributed by atoms with E-state index in [0.717, 1.165) is 5.56 Å². The Kier molecular flexibility index (Phi) is 8.04. The van der Waals surface area contributed by atoms with Crippen LogP contribution in [0.4, 0.5) is 5.82 Å². The maximum atomic E-state index is 12.3. The minimum absolute atomic E-state index is 0.0988. The molecule has 0 bridgehead atoms. The van der Waals surface area contributed by atoms with E-state index >= 15 is 0 Å². The van der Waals surface area contributed by atoms with E-state index in [1.807, 2.05) is 36.4 Å². The predicted molar refractivity (Wildman–Crippen MR) is 113 cm³/mol. The molecule has 2 N–H and O–H groups in total. The van der Waals surface area contributed by atoms with Crippen LogP contribution in [0.3, 0.4) is 0 Å². The first-order valence-corrected chi connectivity index (χ1v) is 10.4. The van der Waals surface area contributed by atoms with Crippen LogP contribution in [0.25, 0.3) is 0 Å². The van der Waals surface area contributed by atoms with Gasteiger partial charge in [-0.1, -0.05) is 49.6 Å². The number of hydrogen-bond acceptors (Lipinski definition) is 4. The Morgan fingerprint density at radius 1 is 1.00 bits per heavy atom. The summed E-state index contributed by atoms with van der Waals surface area (Å²) in [6.45, 7) is 0.937. The molecule has 6 nitrogen and oxygen atoms in total. The fraction of sp³-hybridized carbons (Fsp3) is 0.435. The zero-order valence-corrected chi connectivity index (χ0v) is 16.7.